The van der Waals surface area contributed by atoms with Crippen molar-refractivity contribution >= 4 is 26.0 Å². The van der Waals surface area contributed by atoms with E-state index in [4.69, 9.17) is 9.53 Å². The van der Waals surface area contributed by atoms with Crippen molar-refractivity contribution < 1.29 is 28.7 Å². The molecule has 0 aromatic carbocycles. The molecule has 0 saturated carbocycles. The van der Waals surface area contributed by atoms with Crippen LogP contribution in [0.1, 0.15) is 6.92 Å². The Labute approximate surface area is 113 Å². The number of carboxylic acids is 1. The fraction of sp³-hybridized carbons (Fsp3) is 0.545. The van der Waals surface area contributed by atoms with Crippen molar-refractivity contribution in [2.45, 2.75) is 26.6 Å². The van der Waals surface area contributed by atoms with Crippen molar-refractivity contribution in [1.29, 1.82) is 0 Å². The molecule has 0 aliphatic heterocycles. The summed E-state index contributed by atoms with van der Waals surface area (Å²) in [5.74, 6) is -2.06. The quantitative estimate of drug-likeness (QED) is 0.238. The molecule has 7 nitrogen and oxygen atoms in total. The molecule has 108 valence electrons. The normalized spacial score (nSPS) is 11.7. The van der Waals surface area contributed by atoms with Crippen molar-refractivity contribution in [2.75, 3.05) is 13.2 Å². The molecule has 19 heavy (non-hydrogen) atoms. The minimum Gasteiger partial charge on any atom is -0.543 e. The fourth-order valence-corrected chi connectivity index (χ4v) is 1.82. The zero-order chi connectivity index (χ0) is 15.1. The molecular formula is C11H19NO6Si. The molecule has 0 aliphatic carbocycles. The smallest absolute Gasteiger partial charge is 0.361 e. The van der Waals surface area contributed by atoms with Crippen molar-refractivity contribution in [2.24, 2.45) is 5.16 Å². The third-order valence-corrected chi connectivity index (χ3v) is 2.40. The first kappa shape index (κ1) is 17.2. The summed E-state index contributed by atoms with van der Waals surface area (Å²) < 4.78 is 10.0. The van der Waals surface area contributed by atoms with Crippen LogP contribution in [0.4, 0.5) is 0 Å². The molecule has 0 aromatic rings. The lowest BCUT2D eigenvalue weighted by Gasteiger charge is -2.20. The first-order valence-electron chi connectivity index (χ1n) is 5.64. The van der Waals surface area contributed by atoms with E-state index in [9.17, 15) is 9.59 Å². The van der Waals surface area contributed by atoms with E-state index in [1.165, 1.54) is 0 Å². The van der Waals surface area contributed by atoms with E-state index in [0.717, 1.165) is 0 Å². The van der Waals surface area contributed by atoms with Crippen LogP contribution in [0.15, 0.2) is 17.5 Å². The number of aliphatic carboxylic acids is 1. The zero-order valence-corrected chi connectivity index (χ0v) is 12.6. The number of nitrogens with zero attached hydrogens (tertiary/aromatic N) is 1. The number of ether oxygens (including phenoxy) is 1. The summed E-state index contributed by atoms with van der Waals surface area (Å²) in [4.78, 5) is 26.6. The predicted octanol–water partition coefficient (Wildman–Crippen LogP) is 1.37. The number of esters is 1. The Balaban J connectivity index is 4.60. The molecule has 0 amide bonds. The van der Waals surface area contributed by atoms with Crippen molar-refractivity contribution in [1.82, 2.24) is 0 Å². The van der Waals surface area contributed by atoms with Crippen molar-refractivity contribution in [3.63, 3.8) is 0 Å². The van der Waals surface area contributed by atoms with Crippen LogP contribution in [0, 0.1) is 0 Å². The first-order chi connectivity index (χ1) is 8.67. The Morgan fingerprint density at radius 2 is 1.89 bits per heavy atom. The number of carboxylic acid groups (broad SMARTS) is 1. The highest BCUT2D eigenvalue weighted by Gasteiger charge is 2.23. The average molecular weight is 289 g/mol. The molecule has 0 aliphatic rings. The lowest BCUT2D eigenvalue weighted by atomic mass is 10.3. The van der Waals surface area contributed by atoms with Gasteiger partial charge in [0, 0.05) is 0 Å². The van der Waals surface area contributed by atoms with Crippen LogP contribution in [-0.2, 0) is 23.6 Å². The molecule has 0 fully saturated rings. The van der Waals surface area contributed by atoms with Gasteiger partial charge in [-0.25, -0.2) is 9.59 Å². The number of carbonyl (C=O) groups excluding carboxylic acids is 1. The highest BCUT2D eigenvalue weighted by atomic mass is 28.4. The molecule has 0 unspecified atom stereocenters. The van der Waals surface area contributed by atoms with Crippen LogP contribution < -0.4 is 0 Å². The first-order valence-corrected chi connectivity index (χ1v) is 9.05. The van der Waals surface area contributed by atoms with Gasteiger partial charge in [-0.1, -0.05) is 11.7 Å². The second-order valence-corrected chi connectivity index (χ2v) is 8.89. The molecule has 0 bridgehead atoms. The Kier molecular flexibility index (Phi) is 6.84. The molecule has 0 saturated heterocycles. The Bertz CT molecular complexity index is 385. The summed E-state index contributed by atoms with van der Waals surface area (Å²) in [5.41, 5.74) is -0.466. The molecule has 1 N–H and O–H groups in total. The molecule has 0 aromatic heterocycles. The van der Waals surface area contributed by atoms with E-state index in [1.807, 2.05) is 19.6 Å². The Morgan fingerprint density at radius 1 is 1.32 bits per heavy atom. The van der Waals surface area contributed by atoms with Crippen LogP contribution in [0.3, 0.4) is 0 Å². The monoisotopic (exact) mass is 289 g/mol. The number of hydrogen-bond acceptors (Lipinski definition) is 6. The highest BCUT2D eigenvalue weighted by molar-refractivity contribution is 6.70. The van der Waals surface area contributed by atoms with Crippen molar-refractivity contribution in [3.8, 4) is 0 Å². The highest BCUT2D eigenvalue weighted by Crippen LogP contribution is 2.10. The molecule has 0 rings (SSSR count). The summed E-state index contributed by atoms with van der Waals surface area (Å²) >= 11 is 0. The molecule has 0 radical (unpaired) electrons. The van der Waals surface area contributed by atoms with E-state index >= 15 is 0 Å². The summed E-state index contributed by atoms with van der Waals surface area (Å²) in [5, 5.41) is 12.3. The molecular weight excluding hydrogens is 270 g/mol. The van der Waals surface area contributed by atoms with Crippen LogP contribution >= 0.6 is 0 Å². The van der Waals surface area contributed by atoms with Crippen LogP contribution in [0.25, 0.3) is 0 Å². The summed E-state index contributed by atoms with van der Waals surface area (Å²) in [7, 11) is -1.99. The van der Waals surface area contributed by atoms with Gasteiger partial charge >= 0.3 is 11.9 Å². The van der Waals surface area contributed by atoms with Gasteiger partial charge in [0.15, 0.2) is 0 Å². The van der Waals surface area contributed by atoms with Gasteiger partial charge in [-0.05, 0) is 26.6 Å². The maximum atomic E-state index is 11.0. The van der Waals surface area contributed by atoms with Gasteiger partial charge in [0.05, 0.1) is 6.61 Å². The maximum absolute atomic E-state index is 11.0. The Hall–Kier alpha value is -1.83. The molecule has 0 atom stereocenters. The summed E-state index contributed by atoms with van der Waals surface area (Å²) in [6.45, 7) is 10.5. The minimum atomic E-state index is -1.99. The average Bonchev–Trinajstić information content (AvgIpc) is 2.21. The number of hydrogen-bond donors (Lipinski definition) is 1. The van der Waals surface area contributed by atoms with Gasteiger partial charge in [-0.3, -0.25) is 0 Å². The largest absolute Gasteiger partial charge is 0.543 e. The minimum absolute atomic E-state index is 0.0875. The SMILES string of the molecule is C=C(O[Si](C)(C)C)/C(=N/OCC(=O)OCC)C(=O)O. The topological polar surface area (TPSA) is 94.4 Å². The van der Waals surface area contributed by atoms with Crippen LogP contribution in [-0.4, -0.2) is 44.3 Å². The second kappa shape index (κ2) is 7.57. The van der Waals surface area contributed by atoms with Crippen LogP contribution in [0.2, 0.25) is 19.6 Å². The number of carbonyl (C=O) groups is 2. The lowest BCUT2D eigenvalue weighted by Crippen LogP contribution is -2.29. The van der Waals surface area contributed by atoms with Gasteiger partial charge in [0.2, 0.25) is 20.6 Å². The van der Waals surface area contributed by atoms with Gasteiger partial charge in [-0.2, -0.15) is 0 Å². The third kappa shape index (κ3) is 7.98. The number of rotatable bonds is 8. The van der Waals surface area contributed by atoms with E-state index in [2.05, 4.69) is 21.3 Å². The number of oxime groups is 1. The van der Waals surface area contributed by atoms with Crippen LogP contribution in [0.5, 0.6) is 0 Å². The van der Waals surface area contributed by atoms with Crippen molar-refractivity contribution in [3.05, 3.63) is 12.3 Å². The van der Waals surface area contributed by atoms with Gasteiger partial charge in [0.25, 0.3) is 0 Å². The zero-order valence-electron chi connectivity index (χ0n) is 11.6. The summed E-state index contributed by atoms with van der Waals surface area (Å²) in [6.07, 6.45) is 0. The van der Waals surface area contributed by atoms with E-state index in [1.54, 1.807) is 6.92 Å². The lowest BCUT2D eigenvalue weighted by molar-refractivity contribution is -0.148. The van der Waals surface area contributed by atoms with Gasteiger partial charge < -0.3 is 19.1 Å². The van der Waals surface area contributed by atoms with Gasteiger partial charge in [-0.15, -0.1) is 0 Å². The van der Waals surface area contributed by atoms with E-state index in [-0.39, 0.29) is 12.4 Å². The third-order valence-electron chi connectivity index (χ3n) is 1.54. The Morgan fingerprint density at radius 3 is 2.32 bits per heavy atom. The predicted molar refractivity (Wildman–Crippen MR) is 71.2 cm³/mol. The standard InChI is InChI=1S/C11H19NO6Si/c1-6-16-9(13)7-17-12-10(11(14)15)8(2)18-19(3,4)5/h2,6-7H2,1,3-5H3,(H,14,15)/b12-10-. The fourth-order valence-electron chi connectivity index (χ4n) is 0.979. The van der Waals surface area contributed by atoms with Gasteiger partial charge in [0.1, 0.15) is 5.76 Å². The van der Waals surface area contributed by atoms with E-state index < -0.39 is 32.6 Å². The van der Waals surface area contributed by atoms with E-state index in [0.29, 0.717) is 0 Å². The second-order valence-electron chi connectivity index (χ2n) is 4.46. The summed E-state index contributed by atoms with van der Waals surface area (Å²) in [6, 6.07) is 0. The molecule has 8 heteroatoms. The molecule has 0 heterocycles. The molecule has 0 spiro atoms. The maximum Gasteiger partial charge on any atom is 0.361 e.